The number of carbonyl (C=O) groups excluding carboxylic acids is 2. The minimum Gasteiger partial charge on any atom is -0.373 e. The second-order valence-electron chi connectivity index (χ2n) is 6.16. The maximum absolute atomic E-state index is 12.5. The lowest BCUT2D eigenvalue weighted by molar-refractivity contribution is -0.141. The van der Waals surface area contributed by atoms with Gasteiger partial charge < -0.3 is 5.32 Å². The summed E-state index contributed by atoms with van der Waals surface area (Å²) in [6.07, 6.45) is 5.68. The Morgan fingerprint density at radius 1 is 1.14 bits per heavy atom. The van der Waals surface area contributed by atoms with Crippen molar-refractivity contribution in [2.45, 2.75) is 57.5 Å². The number of carbonyl (C=O) groups is 2. The van der Waals surface area contributed by atoms with Crippen molar-refractivity contribution in [3.8, 4) is 0 Å². The molecule has 1 heterocycles. The van der Waals surface area contributed by atoms with E-state index in [9.17, 15) is 9.59 Å². The number of hydrogen-bond donors (Lipinski definition) is 1. The van der Waals surface area contributed by atoms with Crippen molar-refractivity contribution >= 4 is 17.5 Å². The monoisotopic (exact) mass is 286 g/mol. The summed E-state index contributed by atoms with van der Waals surface area (Å²) < 4.78 is 0. The van der Waals surface area contributed by atoms with Gasteiger partial charge in [0.25, 0.3) is 5.91 Å². The van der Waals surface area contributed by atoms with Crippen molar-refractivity contribution < 1.29 is 9.59 Å². The summed E-state index contributed by atoms with van der Waals surface area (Å²) in [6.45, 7) is 2.02. The van der Waals surface area contributed by atoms with Crippen LogP contribution in [0.25, 0.3) is 0 Å². The first-order valence-corrected chi connectivity index (χ1v) is 7.84. The molecule has 1 saturated carbocycles. The van der Waals surface area contributed by atoms with Crippen molar-refractivity contribution in [3.05, 3.63) is 29.8 Å². The molecule has 21 heavy (non-hydrogen) atoms. The van der Waals surface area contributed by atoms with Gasteiger partial charge in [-0.15, -0.1) is 0 Å². The summed E-state index contributed by atoms with van der Waals surface area (Å²) in [7, 11) is 0. The Bertz CT molecular complexity index is 549. The van der Waals surface area contributed by atoms with Crippen molar-refractivity contribution in [2.24, 2.45) is 0 Å². The van der Waals surface area contributed by atoms with Crippen LogP contribution in [0.5, 0.6) is 0 Å². The lowest BCUT2D eigenvalue weighted by Crippen LogP contribution is -2.43. The molecule has 0 spiro atoms. The van der Waals surface area contributed by atoms with Gasteiger partial charge in [0, 0.05) is 11.7 Å². The fourth-order valence-electron chi connectivity index (χ4n) is 3.42. The van der Waals surface area contributed by atoms with Crippen LogP contribution in [0.15, 0.2) is 24.3 Å². The van der Waals surface area contributed by atoms with Crippen molar-refractivity contribution in [1.29, 1.82) is 0 Å². The Kier molecular flexibility index (Phi) is 3.95. The van der Waals surface area contributed by atoms with Crippen molar-refractivity contribution in [2.75, 3.05) is 5.32 Å². The largest absolute Gasteiger partial charge is 0.373 e. The van der Waals surface area contributed by atoms with E-state index in [-0.39, 0.29) is 24.3 Å². The van der Waals surface area contributed by atoms with Crippen molar-refractivity contribution in [1.82, 2.24) is 4.90 Å². The summed E-state index contributed by atoms with van der Waals surface area (Å²) in [5, 5.41) is 3.22. The van der Waals surface area contributed by atoms with E-state index in [1.807, 2.05) is 31.2 Å². The number of hydrogen-bond acceptors (Lipinski definition) is 3. The average molecular weight is 286 g/mol. The highest BCUT2D eigenvalue weighted by atomic mass is 16.2. The standard InChI is InChI=1S/C17H22N2O2/c1-12-6-5-7-13(10-12)18-15-11-16(20)19(17(15)21)14-8-3-2-4-9-14/h5-7,10,14-15,18H,2-4,8-9,11H2,1H3. The number of likely N-dealkylation sites (tertiary alicyclic amines) is 1. The van der Waals surface area contributed by atoms with E-state index in [1.165, 1.54) is 11.3 Å². The molecule has 3 rings (SSSR count). The predicted molar refractivity (Wildman–Crippen MR) is 81.9 cm³/mol. The van der Waals surface area contributed by atoms with Crippen LogP contribution in [0.4, 0.5) is 5.69 Å². The topological polar surface area (TPSA) is 49.4 Å². The maximum atomic E-state index is 12.5. The molecular weight excluding hydrogens is 264 g/mol. The third kappa shape index (κ3) is 2.94. The molecule has 0 aromatic heterocycles. The van der Waals surface area contributed by atoms with E-state index in [4.69, 9.17) is 0 Å². The Hall–Kier alpha value is -1.84. The van der Waals surface area contributed by atoms with Gasteiger partial charge in [-0.2, -0.15) is 0 Å². The minimum absolute atomic E-state index is 0.0166. The number of imide groups is 1. The molecule has 1 aromatic carbocycles. The van der Waals surface area contributed by atoms with Gasteiger partial charge in [0.1, 0.15) is 6.04 Å². The molecule has 4 nitrogen and oxygen atoms in total. The Morgan fingerprint density at radius 2 is 1.90 bits per heavy atom. The Labute approximate surface area is 125 Å². The zero-order chi connectivity index (χ0) is 14.8. The number of anilines is 1. The molecular formula is C17H22N2O2. The maximum Gasteiger partial charge on any atom is 0.252 e. The highest BCUT2D eigenvalue weighted by Crippen LogP contribution is 2.28. The summed E-state index contributed by atoms with van der Waals surface area (Å²) in [5.74, 6) is -0.0644. The van der Waals surface area contributed by atoms with Crippen LogP contribution in [0.3, 0.4) is 0 Å². The predicted octanol–water partition coefficient (Wildman–Crippen LogP) is 2.87. The third-order valence-electron chi connectivity index (χ3n) is 4.48. The number of rotatable bonds is 3. The molecule has 4 heteroatoms. The van der Waals surface area contributed by atoms with E-state index >= 15 is 0 Å². The van der Waals surface area contributed by atoms with E-state index < -0.39 is 6.04 Å². The van der Waals surface area contributed by atoms with E-state index in [0.717, 1.165) is 36.9 Å². The molecule has 1 aliphatic carbocycles. The quantitative estimate of drug-likeness (QED) is 0.869. The zero-order valence-corrected chi connectivity index (χ0v) is 12.5. The van der Waals surface area contributed by atoms with E-state index in [1.54, 1.807) is 0 Å². The van der Waals surface area contributed by atoms with Gasteiger partial charge in [0.2, 0.25) is 5.91 Å². The smallest absolute Gasteiger partial charge is 0.252 e. The molecule has 1 unspecified atom stereocenters. The number of benzene rings is 1. The first-order valence-electron chi connectivity index (χ1n) is 7.84. The summed E-state index contributed by atoms with van der Waals surface area (Å²) >= 11 is 0. The molecule has 1 N–H and O–H groups in total. The SMILES string of the molecule is Cc1cccc(NC2CC(=O)N(C3CCCCC3)C2=O)c1. The second kappa shape index (κ2) is 5.88. The molecule has 0 radical (unpaired) electrons. The highest BCUT2D eigenvalue weighted by molar-refractivity contribution is 6.07. The lowest BCUT2D eigenvalue weighted by atomic mass is 9.94. The Morgan fingerprint density at radius 3 is 2.62 bits per heavy atom. The molecule has 2 amide bonds. The van der Waals surface area contributed by atoms with Crippen LogP contribution in [0.2, 0.25) is 0 Å². The van der Waals surface area contributed by atoms with E-state index in [2.05, 4.69) is 5.32 Å². The van der Waals surface area contributed by atoms with Gasteiger partial charge in [0.05, 0.1) is 6.42 Å². The van der Waals surface area contributed by atoms with Gasteiger partial charge >= 0.3 is 0 Å². The number of aryl methyl sites for hydroxylation is 1. The summed E-state index contributed by atoms with van der Waals surface area (Å²) in [6, 6.07) is 7.64. The number of nitrogens with zero attached hydrogens (tertiary/aromatic N) is 1. The van der Waals surface area contributed by atoms with Crippen LogP contribution in [-0.2, 0) is 9.59 Å². The highest BCUT2D eigenvalue weighted by Gasteiger charge is 2.42. The molecule has 1 saturated heterocycles. The van der Waals surface area contributed by atoms with Crippen LogP contribution in [0.1, 0.15) is 44.1 Å². The van der Waals surface area contributed by atoms with E-state index in [0.29, 0.717) is 0 Å². The first kappa shape index (κ1) is 14.1. The van der Waals surface area contributed by atoms with Crippen molar-refractivity contribution in [3.63, 3.8) is 0 Å². The van der Waals surface area contributed by atoms with Crippen LogP contribution >= 0.6 is 0 Å². The number of nitrogens with one attached hydrogen (secondary N) is 1. The Balaban J connectivity index is 1.71. The van der Waals surface area contributed by atoms with Gasteiger partial charge in [-0.3, -0.25) is 14.5 Å². The van der Waals surface area contributed by atoms with Gasteiger partial charge in [0.15, 0.2) is 0 Å². The van der Waals surface area contributed by atoms with Gasteiger partial charge in [-0.1, -0.05) is 31.4 Å². The zero-order valence-electron chi connectivity index (χ0n) is 12.5. The molecule has 2 fully saturated rings. The van der Waals surface area contributed by atoms with Gasteiger partial charge in [-0.25, -0.2) is 0 Å². The third-order valence-corrected chi connectivity index (χ3v) is 4.48. The molecule has 0 bridgehead atoms. The van der Waals surface area contributed by atoms with Crippen LogP contribution in [0, 0.1) is 6.92 Å². The fraction of sp³-hybridized carbons (Fsp3) is 0.529. The fourth-order valence-corrected chi connectivity index (χ4v) is 3.42. The molecule has 2 aliphatic rings. The summed E-state index contributed by atoms with van der Waals surface area (Å²) in [5.41, 5.74) is 2.05. The molecule has 1 aromatic rings. The normalized spacial score (nSPS) is 23.7. The number of amides is 2. The first-order chi connectivity index (χ1) is 10.1. The summed E-state index contributed by atoms with van der Waals surface area (Å²) in [4.78, 5) is 26.3. The lowest BCUT2D eigenvalue weighted by Gasteiger charge is -2.29. The molecule has 1 aliphatic heterocycles. The minimum atomic E-state index is -0.402. The second-order valence-corrected chi connectivity index (χ2v) is 6.16. The average Bonchev–Trinajstić information content (AvgIpc) is 2.74. The van der Waals surface area contributed by atoms with Crippen LogP contribution in [-0.4, -0.2) is 28.8 Å². The molecule has 112 valence electrons. The van der Waals surface area contributed by atoms with Crippen LogP contribution < -0.4 is 5.32 Å². The van der Waals surface area contributed by atoms with Gasteiger partial charge in [-0.05, 0) is 37.5 Å². The molecule has 1 atom stereocenters.